The maximum absolute atomic E-state index is 12.4. The van der Waals surface area contributed by atoms with Gasteiger partial charge in [-0.25, -0.2) is 4.79 Å². The van der Waals surface area contributed by atoms with Gasteiger partial charge in [-0.3, -0.25) is 15.0 Å². The van der Waals surface area contributed by atoms with Crippen molar-refractivity contribution in [1.82, 2.24) is 15.8 Å². The fraction of sp³-hybridized carbons (Fsp3) is 0.438. The van der Waals surface area contributed by atoms with Crippen LogP contribution in [0.5, 0.6) is 5.75 Å². The van der Waals surface area contributed by atoms with Crippen LogP contribution in [-0.4, -0.2) is 35.5 Å². The highest BCUT2D eigenvalue weighted by molar-refractivity contribution is 6.07. The molecule has 0 saturated carbocycles. The molecule has 124 valence electrons. The van der Waals surface area contributed by atoms with Crippen LogP contribution < -0.4 is 15.5 Å². The average molecular weight is 319 g/mol. The molecule has 2 rings (SSSR count). The van der Waals surface area contributed by atoms with Gasteiger partial charge in [0.05, 0.1) is 13.5 Å². The molecule has 1 aliphatic rings. The number of amides is 4. The van der Waals surface area contributed by atoms with Gasteiger partial charge in [-0.1, -0.05) is 26.0 Å². The minimum atomic E-state index is -0.926. The van der Waals surface area contributed by atoms with E-state index in [4.69, 9.17) is 4.74 Å². The molecule has 1 fully saturated rings. The van der Waals surface area contributed by atoms with Gasteiger partial charge in [0.25, 0.3) is 5.91 Å². The van der Waals surface area contributed by atoms with Crippen molar-refractivity contribution in [3.63, 3.8) is 0 Å². The number of rotatable bonds is 6. The maximum atomic E-state index is 12.4. The average Bonchev–Trinajstić information content (AvgIpc) is 2.80. The van der Waals surface area contributed by atoms with Gasteiger partial charge < -0.3 is 10.1 Å². The fourth-order valence-corrected chi connectivity index (χ4v) is 2.54. The maximum Gasteiger partial charge on any atom is 0.344 e. The predicted molar refractivity (Wildman–Crippen MR) is 83.5 cm³/mol. The first kappa shape index (κ1) is 16.8. The van der Waals surface area contributed by atoms with Crippen LogP contribution in [0.4, 0.5) is 4.79 Å². The Morgan fingerprint density at radius 3 is 2.30 bits per heavy atom. The number of carbonyl (C=O) groups is 3. The van der Waals surface area contributed by atoms with E-state index >= 15 is 0 Å². The Bertz CT molecular complexity index is 608. The van der Waals surface area contributed by atoms with Gasteiger partial charge >= 0.3 is 6.03 Å². The molecule has 0 aliphatic carbocycles. The van der Waals surface area contributed by atoms with E-state index in [1.54, 1.807) is 31.4 Å². The van der Waals surface area contributed by atoms with Crippen LogP contribution in [-0.2, 0) is 16.0 Å². The van der Waals surface area contributed by atoms with Gasteiger partial charge in [0.2, 0.25) is 5.91 Å². The largest absolute Gasteiger partial charge is 0.497 e. The first-order valence-electron chi connectivity index (χ1n) is 7.55. The zero-order valence-corrected chi connectivity index (χ0v) is 13.5. The molecule has 2 N–H and O–H groups in total. The molecule has 4 amide bonds. The van der Waals surface area contributed by atoms with E-state index in [9.17, 15) is 14.4 Å². The molecular weight excluding hydrogens is 298 g/mol. The molecule has 1 saturated heterocycles. The highest BCUT2D eigenvalue weighted by Gasteiger charge is 2.49. The lowest BCUT2D eigenvalue weighted by molar-refractivity contribution is -0.139. The number of hydrogen-bond acceptors (Lipinski definition) is 4. The molecule has 7 heteroatoms. The van der Waals surface area contributed by atoms with Crippen LogP contribution in [0.15, 0.2) is 24.3 Å². The summed E-state index contributed by atoms with van der Waals surface area (Å²) < 4.78 is 5.05. The zero-order chi connectivity index (χ0) is 17.0. The molecule has 0 bridgehead atoms. The van der Waals surface area contributed by atoms with Gasteiger partial charge in [-0.05, 0) is 30.5 Å². The topological polar surface area (TPSA) is 87.7 Å². The van der Waals surface area contributed by atoms with Gasteiger partial charge in [0, 0.05) is 0 Å². The number of hydrazine groups is 1. The Hall–Kier alpha value is -2.57. The first-order valence-corrected chi connectivity index (χ1v) is 7.55. The number of ether oxygens (including phenoxy) is 1. The highest BCUT2D eigenvalue weighted by atomic mass is 16.5. The van der Waals surface area contributed by atoms with E-state index in [-0.39, 0.29) is 6.42 Å². The summed E-state index contributed by atoms with van der Waals surface area (Å²) in [5.74, 6) is -0.156. The second-order valence-electron chi connectivity index (χ2n) is 5.42. The molecule has 23 heavy (non-hydrogen) atoms. The van der Waals surface area contributed by atoms with Crippen LogP contribution >= 0.6 is 0 Å². The SMILES string of the molecule is CCC1(CC)NC(=O)N(NC(=O)Cc2ccc(OC)cc2)C1=O. The second kappa shape index (κ2) is 6.68. The standard InChI is InChI=1S/C16H21N3O4/c1-4-16(5-2)14(21)19(15(22)17-16)18-13(20)10-11-6-8-12(23-3)9-7-11/h6-9H,4-5,10H2,1-3H3,(H,17,22)(H,18,20). The smallest absolute Gasteiger partial charge is 0.344 e. The van der Waals surface area contributed by atoms with Crippen molar-refractivity contribution in [2.75, 3.05) is 7.11 Å². The minimum Gasteiger partial charge on any atom is -0.497 e. The van der Waals surface area contributed by atoms with E-state index in [0.717, 1.165) is 10.6 Å². The Morgan fingerprint density at radius 2 is 1.83 bits per heavy atom. The van der Waals surface area contributed by atoms with Crippen molar-refractivity contribution in [2.45, 2.75) is 38.6 Å². The first-order chi connectivity index (χ1) is 11.0. The number of carbonyl (C=O) groups excluding carboxylic acids is 3. The summed E-state index contributed by atoms with van der Waals surface area (Å²) in [4.78, 5) is 36.4. The van der Waals surface area contributed by atoms with Crippen molar-refractivity contribution in [3.05, 3.63) is 29.8 Å². The van der Waals surface area contributed by atoms with Crippen LogP contribution in [0.2, 0.25) is 0 Å². The number of nitrogens with one attached hydrogen (secondary N) is 2. The molecule has 0 atom stereocenters. The number of urea groups is 1. The predicted octanol–water partition coefficient (Wildman–Crippen LogP) is 1.38. The molecule has 0 unspecified atom stereocenters. The third-order valence-electron chi connectivity index (χ3n) is 4.13. The number of imide groups is 1. The van der Waals surface area contributed by atoms with Crippen LogP contribution in [0, 0.1) is 0 Å². The molecular formula is C16H21N3O4. The lowest BCUT2D eigenvalue weighted by Crippen LogP contribution is -2.49. The highest BCUT2D eigenvalue weighted by Crippen LogP contribution is 2.23. The minimum absolute atomic E-state index is 0.0618. The lowest BCUT2D eigenvalue weighted by Gasteiger charge is -2.22. The number of nitrogens with zero attached hydrogens (tertiary/aromatic N) is 1. The van der Waals surface area contributed by atoms with E-state index in [2.05, 4.69) is 10.7 Å². The number of hydrogen-bond donors (Lipinski definition) is 2. The summed E-state index contributed by atoms with van der Waals surface area (Å²) >= 11 is 0. The van der Waals surface area contributed by atoms with E-state index in [1.807, 2.05) is 13.8 Å². The van der Waals surface area contributed by atoms with Crippen molar-refractivity contribution < 1.29 is 19.1 Å². The van der Waals surface area contributed by atoms with Gasteiger partial charge in [-0.15, -0.1) is 0 Å². The van der Waals surface area contributed by atoms with Crippen LogP contribution in [0.3, 0.4) is 0 Å². The molecule has 1 aromatic carbocycles. The van der Waals surface area contributed by atoms with Crippen molar-refractivity contribution >= 4 is 17.8 Å². The third kappa shape index (κ3) is 3.28. The van der Waals surface area contributed by atoms with Crippen molar-refractivity contribution in [3.8, 4) is 5.75 Å². The molecule has 1 heterocycles. The summed E-state index contributed by atoms with van der Waals surface area (Å²) in [6.45, 7) is 3.65. The Labute approximate surface area is 135 Å². The molecule has 0 aromatic heterocycles. The molecule has 1 aliphatic heterocycles. The zero-order valence-electron chi connectivity index (χ0n) is 13.5. The fourth-order valence-electron chi connectivity index (χ4n) is 2.54. The normalized spacial score (nSPS) is 16.2. The third-order valence-corrected chi connectivity index (χ3v) is 4.13. The van der Waals surface area contributed by atoms with Crippen LogP contribution in [0.25, 0.3) is 0 Å². The quantitative estimate of drug-likeness (QED) is 0.775. The Morgan fingerprint density at radius 1 is 1.22 bits per heavy atom. The summed E-state index contributed by atoms with van der Waals surface area (Å²) in [6, 6.07) is 6.41. The molecule has 7 nitrogen and oxygen atoms in total. The summed E-state index contributed by atoms with van der Waals surface area (Å²) in [5.41, 5.74) is 2.21. The van der Waals surface area contributed by atoms with E-state index < -0.39 is 23.4 Å². The second-order valence-corrected chi connectivity index (χ2v) is 5.42. The van der Waals surface area contributed by atoms with Crippen molar-refractivity contribution in [2.24, 2.45) is 0 Å². The molecule has 0 radical (unpaired) electrons. The van der Waals surface area contributed by atoms with E-state index in [1.165, 1.54) is 0 Å². The van der Waals surface area contributed by atoms with E-state index in [0.29, 0.717) is 18.6 Å². The Kier molecular flexibility index (Phi) is 4.88. The van der Waals surface area contributed by atoms with Crippen molar-refractivity contribution in [1.29, 1.82) is 0 Å². The number of methoxy groups -OCH3 is 1. The van der Waals surface area contributed by atoms with Gasteiger partial charge in [0.15, 0.2) is 0 Å². The summed E-state index contributed by atoms with van der Waals surface area (Å²) in [7, 11) is 1.56. The molecule has 0 spiro atoms. The molecule has 1 aromatic rings. The number of benzene rings is 1. The Balaban J connectivity index is 2.02. The van der Waals surface area contributed by atoms with Gasteiger partial charge in [0.1, 0.15) is 11.3 Å². The van der Waals surface area contributed by atoms with Gasteiger partial charge in [-0.2, -0.15) is 5.01 Å². The van der Waals surface area contributed by atoms with Crippen LogP contribution in [0.1, 0.15) is 32.3 Å². The lowest BCUT2D eigenvalue weighted by atomic mass is 9.93. The summed E-state index contributed by atoms with van der Waals surface area (Å²) in [6.07, 6.45) is 1.00. The monoisotopic (exact) mass is 319 g/mol. The summed E-state index contributed by atoms with van der Waals surface area (Å²) in [5, 5.41) is 3.43.